The second-order valence-corrected chi connectivity index (χ2v) is 10.6. The molecule has 1 aliphatic carbocycles. The molecule has 36 heavy (non-hydrogen) atoms. The highest BCUT2D eigenvalue weighted by atomic mass is 35.5. The summed E-state index contributed by atoms with van der Waals surface area (Å²) in [6, 6.07) is 0.762. The lowest BCUT2D eigenvalue weighted by Gasteiger charge is -2.32. The third-order valence-corrected chi connectivity index (χ3v) is 5.66. The van der Waals surface area contributed by atoms with E-state index in [9.17, 15) is 14.4 Å². The van der Waals surface area contributed by atoms with Gasteiger partial charge >= 0.3 is 18.2 Å². The molecule has 0 spiro atoms. The molecule has 1 aromatic carbocycles. The van der Waals surface area contributed by atoms with Crippen molar-refractivity contribution < 1.29 is 28.2 Å². The van der Waals surface area contributed by atoms with E-state index in [1.54, 1.807) is 31.1 Å². The number of hydrogen-bond acceptors (Lipinski definition) is 8. The molecule has 1 saturated carbocycles. The fourth-order valence-electron chi connectivity index (χ4n) is 3.47. The highest BCUT2D eigenvalue weighted by Gasteiger charge is 2.31. The first kappa shape index (κ1) is 29.3. The molecule has 1 unspecified atom stereocenters. The Morgan fingerprint density at radius 3 is 2.39 bits per heavy atom. The molecule has 1 aliphatic rings. The van der Waals surface area contributed by atoms with Crippen LogP contribution in [0.2, 0.25) is 5.02 Å². The zero-order chi connectivity index (χ0) is 27.4. The standard InChI is InChI=1S/C24H35ClFN5O5/c1-12(2)31(23(34)36-24(4,5)6)11-13(3)9-17(27)18-16(26)10-15(21(32)35-22(33)30-28)20(19(18)25)29-14-7-8-14/h10,12-14,27,29H,7-9,11,28H2,1-6H3,(H,30,33). The number of hydrogen-bond donors (Lipinski definition) is 4. The number of anilines is 1. The number of nitrogens with one attached hydrogen (secondary N) is 3. The molecule has 0 heterocycles. The summed E-state index contributed by atoms with van der Waals surface area (Å²) in [7, 11) is 0. The summed E-state index contributed by atoms with van der Waals surface area (Å²) < 4.78 is 25.2. The van der Waals surface area contributed by atoms with Crippen molar-refractivity contribution in [1.82, 2.24) is 10.3 Å². The molecule has 0 bridgehead atoms. The predicted molar refractivity (Wildman–Crippen MR) is 135 cm³/mol. The number of nitrogens with two attached hydrogens (primary N) is 1. The molecular weight excluding hydrogens is 493 g/mol. The van der Waals surface area contributed by atoms with Crippen LogP contribution in [0.15, 0.2) is 6.07 Å². The Hall–Kier alpha value is -2.92. The van der Waals surface area contributed by atoms with Crippen LogP contribution in [-0.4, -0.2) is 53.0 Å². The van der Waals surface area contributed by atoms with Gasteiger partial charge < -0.3 is 25.1 Å². The van der Waals surface area contributed by atoms with Crippen LogP contribution in [-0.2, 0) is 9.47 Å². The zero-order valence-corrected chi connectivity index (χ0v) is 22.2. The van der Waals surface area contributed by atoms with E-state index in [-0.39, 0.29) is 58.5 Å². The van der Waals surface area contributed by atoms with Crippen molar-refractivity contribution >= 4 is 41.2 Å². The molecule has 10 nitrogen and oxygen atoms in total. The van der Waals surface area contributed by atoms with Gasteiger partial charge in [0, 0.05) is 24.3 Å². The molecule has 1 aromatic rings. The van der Waals surface area contributed by atoms with E-state index in [0.717, 1.165) is 18.9 Å². The van der Waals surface area contributed by atoms with E-state index >= 15 is 4.39 Å². The quantitative estimate of drug-likeness (QED) is 0.0897. The number of benzene rings is 1. The normalized spacial score (nSPS) is 14.2. The van der Waals surface area contributed by atoms with E-state index < -0.39 is 29.6 Å². The van der Waals surface area contributed by atoms with Gasteiger partial charge in [0.15, 0.2) is 0 Å². The maximum Gasteiger partial charge on any atom is 0.429 e. The van der Waals surface area contributed by atoms with Crippen molar-refractivity contribution in [3.8, 4) is 0 Å². The van der Waals surface area contributed by atoms with E-state index in [4.69, 9.17) is 27.6 Å². The van der Waals surface area contributed by atoms with Gasteiger partial charge in [-0.1, -0.05) is 18.5 Å². The second-order valence-electron chi connectivity index (χ2n) is 10.2. The molecule has 1 atom stereocenters. The number of halogens is 2. The van der Waals surface area contributed by atoms with Crippen molar-refractivity contribution in [1.29, 1.82) is 5.41 Å². The first-order chi connectivity index (χ1) is 16.6. The maximum atomic E-state index is 15.2. The summed E-state index contributed by atoms with van der Waals surface area (Å²) in [4.78, 5) is 38.0. The number of esters is 1. The van der Waals surface area contributed by atoms with Crippen molar-refractivity contribution in [2.45, 2.75) is 78.5 Å². The molecular formula is C24H35ClFN5O5. The topological polar surface area (TPSA) is 147 Å². The smallest absolute Gasteiger partial charge is 0.429 e. The molecule has 0 radical (unpaired) electrons. The lowest BCUT2D eigenvalue weighted by molar-refractivity contribution is 0.0163. The first-order valence-corrected chi connectivity index (χ1v) is 12.1. The van der Waals surface area contributed by atoms with Crippen molar-refractivity contribution in [2.75, 3.05) is 11.9 Å². The molecule has 0 saturated heterocycles. The Kier molecular flexibility index (Phi) is 9.67. The Morgan fingerprint density at radius 1 is 1.28 bits per heavy atom. The average molecular weight is 528 g/mol. The van der Waals surface area contributed by atoms with E-state index in [1.807, 2.05) is 20.8 Å². The minimum absolute atomic E-state index is 0.0252. The number of carbonyl (C=O) groups excluding carboxylic acids is 3. The van der Waals surface area contributed by atoms with Gasteiger partial charge in [0.25, 0.3) is 0 Å². The van der Waals surface area contributed by atoms with Crippen molar-refractivity contribution in [3.05, 3.63) is 28.0 Å². The van der Waals surface area contributed by atoms with Crippen LogP contribution in [0.3, 0.4) is 0 Å². The monoisotopic (exact) mass is 527 g/mol. The van der Waals surface area contributed by atoms with Gasteiger partial charge in [0.1, 0.15) is 11.4 Å². The van der Waals surface area contributed by atoms with Gasteiger partial charge in [-0.05, 0) is 65.9 Å². The molecule has 2 rings (SSSR count). The van der Waals surface area contributed by atoms with Crippen LogP contribution in [0.25, 0.3) is 0 Å². The third-order valence-electron chi connectivity index (χ3n) is 5.28. The fourth-order valence-corrected chi connectivity index (χ4v) is 3.83. The maximum absolute atomic E-state index is 15.2. The number of carbonyl (C=O) groups is 3. The lowest BCUT2D eigenvalue weighted by Crippen LogP contribution is -2.43. The number of nitrogens with zero attached hydrogens (tertiary/aromatic N) is 1. The summed E-state index contributed by atoms with van der Waals surface area (Å²) in [5.74, 6) is 2.66. The van der Waals surface area contributed by atoms with Crippen LogP contribution in [0.5, 0.6) is 0 Å². The summed E-state index contributed by atoms with van der Waals surface area (Å²) in [5.41, 5.74) is 0.537. The summed E-state index contributed by atoms with van der Waals surface area (Å²) in [5, 5.41) is 11.5. The minimum atomic E-state index is -1.21. The van der Waals surface area contributed by atoms with Gasteiger partial charge in [-0.2, -0.15) is 0 Å². The Bertz CT molecular complexity index is 1020. The highest BCUT2D eigenvalue weighted by Crippen LogP contribution is 2.37. The van der Waals surface area contributed by atoms with Gasteiger partial charge in [-0.3, -0.25) is 5.43 Å². The van der Waals surface area contributed by atoms with Gasteiger partial charge in [0.2, 0.25) is 0 Å². The molecule has 0 aromatic heterocycles. The number of ether oxygens (including phenoxy) is 2. The highest BCUT2D eigenvalue weighted by molar-refractivity contribution is 6.37. The third kappa shape index (κ3) is 8.06. The Balaban J connectivity index is 2.28. The molecule has 1 fully saturated rings. The second kappa shape index (κ2) is 11.9. The first-order valence-electron chi connectivity index (χ1n) is 11.7. The molecule has 12 heteroatoms. The van der Waals surface area contributed by atoms with Gasteiger partial charge in [-0.15, -0.1) is 0 Å². The van der Waals surface area contributed by atoms with Crippen LogP contribution in [0, 0.1) is 17.1 Å². The van der Waals surface area contributed by atoms with Gasteiger partial charge in [0.05, 0.1) is 21.8 Å². The fraction of sp³-hybridized carbons (Fsp3) is 0.583. The number of hydrazine groups is 1. The molecule has 0 aliphatic heterocycles. The van der Waals surface area contributed by atoms with Crippen molar-refractivity contribution in [2.24, 2.45) is 11.8 Å². The SMILES string of the molecule is CC(CC(=N)c1c(F)cc(C(=O)OC(=O)NN)c(NC2CC2)c1Cl)CN(C(=O)OC(C)(C)C)C(C)C. The number of amides is 2. The number of rotatable bonds is 9. The Labute approximate surface area is 215 Å². The minimum Gasteiger partial charge on any atom is -0.444 e. The summed E-state index contributed by atoms with van der Waals surface area (Å²) in [6.07, 6.45) is 0.0700. The van der Waals surface area contributed by atoms with Crippen LogP contribution in [0.1, 0.15) is 76.7 Å². The molecule has 5 N–H and O–H groups in total. The summed E-state index contributed by atoms with van der Waals surface area (Å²) in [6.45, 7) is 11.2. The largest absolute Gasteiger partial charge is 0.444 e. The average Bonchev–Trinajstić information content (AvgIpc) is 3.56. The van der Waals surface area contributed by atoms with E-state index in [1.165, 1.54) is 0 Å². The summed E-state index contributed by atoms with van der Waals surface area (Å²) >= 11 is 6.50. The molecule has 200 valence electrons. The predicted octanol–water partition coefficient (Wildman–Crippen LogP) is 4.83. The zero-order valence-electron chi connectivity index (χ0n) is 21.5. The molecule has 2 amide bonds. The van der Waals surface area contributed by atoms with E-state index in [0.29, 0.717) is 0 Å². The van der Waals surface area contributed by atoms with Crippen LogP contribution < -0.4 is 16.6 Å². The van der Waals surface area contributed by atoms with Crippen LogP contribution >= 0.6 is 11.6 Å². The van der Waals surface area contributed by atoms with E-state index in [2.05, 4.69) is 10.1 Å². The Morgan fingerprint density at radius 2 is 1.89 bits per heavy atom. The lowest BCUT2D eigenvalue weighted by atomic mass is 9.96. The van der Waals surface area contributed by atoms with Crippen LogP contribution in [0.4, 0.5) is 19.7 Å². The van der Waals surface area contributed by atoms with Gasteiger partial charge in [-0.25, -0.2) is 24.6 Å². The van der Waals surface area contributed by atoms with Crippen molar-refractivity contribution in [3.63, 3.8) is 0 Å².